The van der Waals surface area contributed by atoms with Crippen molar-refractivity contribution in [3.05, 3.63) is 24.0 Å². The van der Waals surface area contributed by atoms with Crippen LogP contribution in [0.5, 0.6) is 0 Å². The minimum Gasteiger partial charge on any atom is -0.353 e. The molecule has 0 bridgehead atoms. The first-order valence-corrected chi connectivity index (χ1v) is 7.41. The maximum absolute atomic E-state index is 11.6. The summed E-state index contributed by atoms with van der Waals surface area (Å²) in [4.78, 5) is 11.6. The molecule has 1 unspecified atom stereocenters. The van der Waals surface area contributed by atoms with Crippen LogP contribution in [0.15, 0.2) is 18.5 Å². The zero-order valence-electron chi connectivity index (χ0n) is 12.0. The van der Waals surface area contributed by atoms with Gasteiger partial charge in [-0.05, 0) is 37.4 Å². The van der Waals surface area contributed by atoms with Gasteiger partial charge in [-0.2, -0.15) is 0 Å². The maximum Gasteiger partial charge on any atom is 0.222 e. The Morgan fingerprint density at radius 3 is 2.89 bits per heavy atom. The van der Waals surface area contributed by atoms with Crippen molar-refractivity contribution >= 4 is 5.91 Å². The van der Waals surface area contributed by atoms with E-state index in [1.165, 1.54) is 5.56 Å². The number of carbonyl (C=O) groups excluding carboxylic acids is 1. The largest absolute Gasteiger partial charge is 0.353 e. The van der Waals surface area contributed by atoms with Gasteiger partial charge in [0, 0.05) is 37.4 Å². The fraction of sp³-hybridized carbons (Fsp3) is 0.667. The lowest BCUT2D eigenvalue weighted by Crippen LogP contribution is -2.26. The Balaban J connectivity index is 1.80. The molecule has 1 saturated carbocycles. The molecule has 0 aromatic carbocycles. The van der Waals surface area contributed by atoms with Gasteiger partial charge in [0.25, 0.3) is 0 Å². The lowest BCUT2D eigenvalue weighted by Gasteiger charge is -2.13. The van der Waals surface area contributed by atoms with Crippen molar-refractivity contribution in [3.8, 4) is 0 Å². The molecule has 2 N–H and O–H groups in total. The number of nitrogens with one attached hydrogen (secondary N) is 2. The molecule has 2 rings (SSSR count). The third-order valence-corrected chi connectivity index (χ3v) is 3.57. The van der Waals surface area contributed by atoms with E-state index < -0.39 is 0 Å². The Morgan fingerprint density at radius 2 is 2.26 bits per heavy atom. The molecule has 106 valence electrons. The van der Waals surface area contributed by atoms with Crippen LogP contribution in [0.3, 0.4) is 0 Å². The van der Waals surface area contributed by atoms with E-state index in [0.717, 1.165) is 32.4 Å². The van der Waals surface area contributed by atoms with Crippen molar-refractivity contribution in [1.82, 2.24) is 15.2 Å². The molecule has 0 radical (unpaired) electrons. The summed E-state index contributed by atoms with van der Waals surface area (Å²) in [5.74, 6) is 0.177. The van der Waals surface area contributed by atoms with E-state index >= 15 is 0 Å². The van der Waals surface area contributed by atoms with E-state index in [-0.39, 0.29) is 5.91 Å². The van der Waals surface area contributed by atoms with Crippen LogP contribution < -0.4 is 10.6 Å². The summed E-state index contributed by atoms with van der Waals surface area (Å²) >= 11 is 0. The van der Waals surface area contributed by atoms with Gasteiger partial charge in [-0.25, -0.2) is 0 Å². The molecule has 4 heteroatoms. The summed E-state index contributed by atoms with van der Waals surface area (Å²) < 4.78 is 2.11. The van der Waals surface area contributed by atoms with Crippen molar-refractivity contribution in [2.75, 3.05) is 6.54 Å². The number of hydrogen-bond donors (Lipinski definition) is 2. The summed E-state index contributed by atoms with van der Waals surface area (Å²) in [6, 6.07) is 3.03. The highest BCUT2D eigenvalue weighted by Gasteiger charge is 2.22. The van der Waals surface area contributed by atoms with E-state index in [0.29, 0.717) is 18.5 Å². The van der Waals surface area contributed by atoms with Crippen LogP contribution in [0.4, 0.5) is 0 Å². The molecule has 0 aliphatic heterocycles. The van der Waals surface area contributed by atoms with Gasteiger partial charge in [0.2, 0.25) is 5.91 Å². The second-order valence-corrected chi connectivity index (χ2v) is 5.29. The molecular weight excluding hydrogens is 238 g/mol. The lowest BCUT2D eigenvalue weighted by molar-refractivity contribution is -0.121. The van der Waals surface area contributed by atoms with Crippen molar-refractivity contribution in [3.63, 3.8) is 0 Å². The molecule has 1 fully saturated rings. The second kappa shape index (κ2) is 6.75. The second-order valence-electron chi connectivity index (χ2n) is 5.29. The molecule has 4 nitrogen and oxygen atoms in total. The molecule has 1 aromatic heterocycles. The molecular formula is C15H25N3O. The normalized spacial score (nSPS) is 16.3. The smallest absolute Gasteiger partial charge is 0.222 e. The third-order valence-electron chi connectivity index (χ3n) is 3.57. The summed E-state index contributed by atoms with van der Waals surface area (Å²) in [6.45, 7) is 6.06. The van der Waals surface area contributed by atoms with Crippen LogP contribution in [-0.4, -0.2) is 23.1 Å². The molecule has 1 atom stereocenters. The Morgan fingerprint density at radius 1 is 1.47 bits per heavy atom. The van der Waals surface area contributed by atoms with Crippen LogP contribution in [-0.2, 0) is 11.3 Å². The van der Waals surface area contributed by atoms with Gasteiger partial charge in [0.15, 0.2) is 0 Å². The summed E-state index contributed by atoms with van der Waals surface area (Å²) in [7, 11) is 0. The molecule has 1 heterocycles. The van der Waals surface area contributed by atoms with Gasteiger partial charge in [0.1, 0.15) is 0 Å². The van der Waals surface area contributed by atoms with Crippen molar-refractivity contribution < 1.29 is 4.79 Å². The number of aromatic nitrogens is 1. The van der Waals surface area contributed by atoms with Gasteiger partial charge < -0.3 is 15.2 Å². The predicted octanol–water partition coefficient (Wildman–Crippen LogP) is 2.22. The number of amides is 1. The van der Waals surface area contributed by atoms with Crippen LogP contribution in [0.25, 0.3) is 0 Å². The number of aryl methyl sites for hydroxylation is 1. The Kier molecular flexibility index (Phi) is 5.02. The number of carbonyl (C=O) groups is 1. The molecule has 1 aromatic rings. The average molecular weight is 263 g/mol. The number of hydrogen-bond acceptors (Lipinski definition) is 2. The molecule has 1 aliphatic carbocycles. The topological polar surface area (TPSA) is 46.1 Å². The van der Waals surface area contributed by atoms with Crippen LogP contribution in [0, 0.1) is 0 Å². The Labute approximate surface area is 115 Å². The molecule has 0 saturated heterocycles. The molecule has 1 aliphatic rings. The molecule has 1 amide bonds. The van der Waals surface area contributed by atoms with Gasteiger partial charge >= 0.3 is 0 Å². The van der Waals surface area contributed by atoms with Gasteiger partial charge in [0.05, 0.1) is 0 Å². The van der Waals surface area contributed by atoms with E-state index in [1.807, 2.05) is 0 Å². The van der Waals surface area contributed by atoms with Gasteiger partial charge in [-0.3, -0.25) is 4.79 Å². The van der Waals surface area contributed by atoms with Crippen LogP contribution in [0.2, 0.25) is 0 Å². The highest BCUT2D eigenvalue weighted by molar-refractivity contribution is 5.76. The fourth-order valence-electron chi connectivity index (χ4n) is 2.31. The molecule has 19 heavy (non-hydrogen) atoms. The van der Waals surface area contributed by atoms with Crippen molar-refractivity contribution in [1.29, 1.82) is 0 Å². The summed E-state index contributed by atoms with van der Waals surface area (Å²) in [5.41, 5.74) is 1.31. The Bertz CT molecular complexity index is 409. The Hall–Kier alpha value is -1.29. The summed E-state index contributed by atoms with van der Waals surface area (Å²) in [5, 5.41) is 6.49. The fourth-order valence-corrected chi connectivity index (χ4v) is 2.31. The number of rotatable bonds is 8. The first-order chi connectivity index (χ1) is 9.22. The minimum atomic E-state index is 0.177. The third kappa shape index (κ3) is 4.39. The van der Waals surface area contributed by atoms with Crippen LogP contribution in [0.1, 0.15) is 51.1 Å². The lowest BCUT2D eigenvalue weighted by atomic mass is 10.1. The van der Waals surface area contributed by atoms with Crippen LogP contribution >= 0.6 is 0 Å². The SMILES string of the molecule is CCNC(CC)c1ccn(CCC(=O)NC2CC2)c1. The highest BCUT2D eigenvalue weighted by Crippen LogP contribution is 2.19. The van der Waals surface area contributed by atoms with E-state index in [4.69, 9.17) is 0 Å². The standard InChI is InChI=1S/C15H25N3O/c1-3-14(16-4-2)12-7-9-18(11-12)10-8-15(19)17-13-5-6-13/h7,9,11,13-14,16H,3-6,8,10H2,1-2H3,(H,17,19). The van der Waals surface area contributed by atoms with Crippen molar-refractivity contribution in [2.45, 2.75) is 58.2 Å². The monoisotopic (exact) mass is 263 g/mol. The van der Waals surface area contributed by atoms with Gasteiger partial charge in [-0.15, -0.1) is 0 Å². The maximum atomic E-state index is 11.6. The molecule has 0 spiro atoms. The summed E-state index contributed by atoms with van der Waals surface area (Å²) in [6.07, 6.45) is 8.18. The first kappa shape index (κ1) is 14.1. The van der Waals surface area contributed by atoms with Gasteiger partial charge in [-0.1, -0.05) is 13.8 Å². The quantitative estimate of drug-likeness (QED) is 0.755. The van der Waals surface area contributed by atoms with E-state index in [2.05, 4.69) is 47.5 Å². The minimum absolute atomic E-state index is 0.177. The van der Waals surface area contributed by atoms with E-state index in [1.54, 1.807) is 0 Å². The van der Waals surface area contributed by atoms with Crippen molar-refractivity contribution in [2.24, 2.45) is 0 Å². The highest BCUT2D eigenvalue weighted by atomic mass is 16.1. The number of nitrogens with zero attached hydrogens (tertiary/aromatic N) is 1. The zero-order valence-corrected chi connectivity index (χ0v) is 12.0. The predicted molar refractivity (Wildman–Crippen MR) is 76.9 cm³/mol. The van der Waals surface area contributed by atoms with E-state index in [9.17, 15) is 4.79 Å². The first-order valence-electron chi connectivity index (χ1n) is 7.41. The average Bonchev–Trinajstić information content (AvgIpc) is 3.09. The zero-order chi connectivity index (χ0) is 13.7.